The molecule has 2 aromatic heterocycles. The van der Waals surface area contributed by atoms with E-state index < -0.39 is 0 Å². The normalized spacial score (nSPS) is 23.9. The summed E-state index contributed by atoms with van der Waals surface area (Å²) < 4.78 is 13.9. The van der Waals surface area contributed by atoms with Gasteiger partial charge in [-0.05, 0) is 99.9 Å². The Morgan fingerprint density at radius 3 is 2.14 bits per heavy atom. The van der Waals surface area contributed by atoms with Crippen LogP contribution in [0.3, 0.4) is 0 Å². The standard InChI is InChI=1S/C36H43N9O4/c1-48-28-14-12-27(13-15-28)45-34-31(20-37-45)33(43-21-29-16-17-30(22-43)49-29)40-32(41-34)23-4-8-25(9-5-23)38-36(47)39-26-10-6-24(7-11-26)35(46)42-44-18-2-3-19-44/h4-11,20,27-30H,2-3,12-19,21-22H2,1H3,(H,42,46)(H2,38,39,47). The van der Waals surface area contributed by atoms with Gasteiger partial charge in [-0.15, -0.1) is 0 Å². The molecule has 2 atom stereocenters. The van der Waals surface area contributed by atoms with Gasteiger partial charge in [-0.3, -0.25) is 10.2 Å². The summed E-state index contributed by atoms with van der Waals surface area (Å²) in [6, 6.07) is 14.3. The van der Waals surface area contributed by atoms with Gasteiger partial charge in [0.1, 0.15) is 5.82 Å². The molecular weight excluding hydrogens is 622 g/mol. The minimum atomic E-state index is -0.379. The van der Waals surface area contributed by atoms with Gasteiger partial charge in [0, 0.05) is 55.8 Å². The molecule has 8 rings (SSSR count). The van der Waals surface area contributed by atoms with Crippen LogP contribution in [0.4, 0.5) is 22.0 Å². The molecule has 0 radical (unpaired) electrons. The third-order valence-electron chi connectivity index (χ3n) is 10.3. The smallest absolute Gasteiger partial charge is 0.323 e. The lowest BCUT2D eigenvalue weighted by molar-refractivity contribution is 0.0303. The van der Waals surface area contributed by atoms with Crippen LogP contribution >= 0.6 is 0 Å². The van der Waals surface area contributed by atoms with E-state index in [2.05, 4.69) is 25.6 Å². The minimum Gasteiger partial charge on any atom is -0.381 e. The zero-order chi connectivity index (χ0) is 33.3. The zero-order valence-electron chi connectivity index (χ0n) is 27.8. The third-order valence-corrected chi connectivity index (χ3v) is 10.3. The highest BCUT2D eigenvalue weighted by atomic mass is 16.5. The lowest BCUT2D eigenvalue weighted by Crippen LogP contribution is -2.43. The Hall–Kier alpha value is -4.59. The molecule has 13 nitrogen and oxygen atoms in total. The maximum atomic E-state index is 12.8. The van der Waals surface area contributed by atoms with Crippen molar-refractivity contribution in [3.8, 4) is 11.4 Å². The first-order valence-corrected chi connectivity index (χ1v) is 17.5. The monoisotopic (exact) mass is 665 g/mol. The van der Waals surface area contributed by atoms with Crippen molar-refractivity contribution in [3.05, 3.63) is 60.3 Å². The number of carbonyl (C=O) groups excluding carboxylic acids is 2. The highest BCUT2D eigenvalue weighted by molar-refractivity contribution is 6.00. The zero-order valence-corrected chi connectivity index (χ0v) is 27.8. The molecule has 0 spiro atoms. The Morgan fingerprint density at radius 1 is 0.837 bits per heavy atom. The van der Waals surface area contributed by atoms with Crippen LogP contribution in [-0.2, 0) is 9.47 Å². The fourth-order valence-corrected chi connectivity index (χ4v) is 7.60. The van der Waals surface area contributed by atoms with Crippen molar-refractivity contribution in [2.75, 3.05) is 48.8 Å². The molecule has 4 fully saturated rings. The first-order chi connectivity index (χ1) is 24.0. The largest absolute Gasteiger partial charge is 0.381 e. The van der Waals surface area contributed by atoms with Crippen LogP contribution in [-0.4, -0.2) is 88.3 Å². The first kappa shape index (κ1) is 31.7. The average Bonchev–Trinajstić information content (AvgIpc) is 3.88. The van der Waals surface area contributed by atoms with Crippen LogP contribution in [0, 0.1) is 0 Å². The van der Waals surface area contributed by atoms with Crippen LogP contribution < -0.4 is 21.0 Å². The van der Waals surface area contributed by atoms with Gasteiger partial charge in [0.25, 0.3) is 5.91 Å². The van der Waals surface area contributed by atoms with Crippen molar-refractivity contribution < 1.29 is 19.1 Å². The van der Waals surface area contributed by atoms with Crippen molar-refractivity contribution in [2.45, 2.75) is 75.7 Å². The van der Waals surface area contributed by atoms with Gasteiger partial charge in [0.05, 0.1) is 35.9 Å². The Kier molecular flexibility index (Phi) is 8.87. The second-order valence-electron chi connectivity index (χ2n) is 13.6. The number of nitrogens with zero attached hydrogens (tertiary/aromatic N) is 6. The highest BCUT2D eigenvalue weighted by Crippen LogP contribution is 2.37. The lowest BCUT2D eigenvalue weighted by Gasteiger charge is -2.33. The number of morpholine rings is 1. The number of hydrogen-bond acceptors (Lipinski definition) is 9. The molecule has 13 heteroatoms. The molecule has 3 saturated heterocycles. The predicted molar refractivity (Wildman–Crippen MR) is 187 cm³/mol. The molecule has 2 aromatic carbocycles. The second-order valence-corrected chi connectivity index (χ2v) is 13.6. The third kappa shape index (κ3) is 6.83. The van der Waals surface area contributed by atoms with E-state index in [4.69, 9.17) is 24.5 Å². The second kappa shape index (κ2) is 13.7. The summed E-state index contributed by atoms with van der Waals surface area (Å²) in [7, 11) is 1.79. The van der Waals surface area contributed by atoms with E-state index in [0.717, 1.165) is 100.0 Å². The molecular formula is C36H43N9O4. The predicted octanol–water partition coefficient (Wildman–Crippen LogP) is 5.38. The quantitative estimate of drug-likeness (QED) is 0.227. The molecule has 1 aliphatic carbocycles. The number of hydrogen-bond donors (Lipinski definition) is 3. The summed E-state index contributed by atoms with van der Waals surface area (Å²) in [5, 5.41) is 13.5. The number of rotatable bonds is 8. The number of benzene rings is 2. The van der Waals surface area contributed by atoms with Crippen molar-refractivity contribution in [1.82, 2.24) is 30.2 Å². The van der Waals surface area contributed by atoms with E-state index in [-0.39, 0.29) is 30.2 Å². The van der Waals surface area contributed by atoms with E-state index in [1.165, 1.54) is 0 Å². The molecule has 4 aliphatic rings. The molecule has 3 amide bonds. The fourth-order valence-electron chi connectivity index (χ4n) is 7.60. The molecule has 4 aromatic rings. The topological polar surface area (TPSA) is 139 Å². The van der Waals surface area contributed by atoms with Gasteiger partial charge in [-0.2, -0.15) is 5.10 Å². The number of amides is 3. The van der Waals surface area contributed by atoms with Crippen molar-refractivity contribution >= 4 is 40.2 Å². The molecule has 49 heavy (non-hydrogen) atoms. The van der Waals surface area contributed by atoms with Gasteiger partial charge in [0.2, 0.25) is 0 Å². The number of urea groups is 1. The molecule has 256 valence electrons. The number of fused-ring (bicyclic) bond motifs is 3. The van der Waals surface area contributed by atoms with Gasteiger partial charge in [-0.25, -0.2) is 24.5 Å². The van der Waals surface area contributed by atoms with E-state index in [1.807, 2.05) is 35.5 Å². The van der Waals surface area contributed by atoms with Crippen LogP contribution in [0.2, 0.25) is 0 Å². The number of aromatic nitrogens is 4. The van der Waals surface area contributed by atoms with Gasteiger partial charge in [0.15, 0.2) is 11.5 Å². The number of hydrazine groups is 1. The fraction of sp³-hybridized carbons (Fsp3) is 0.472. The summed E-state index contributed by atoms with van der Waals surface area (Å²) in [6.07, 6.45) is 11.0. The molecule has 5 heterocycles. The number of anilines is 3. The van der Waals surface area contributed by atoms with Gasteiger partial charge >= 0.3 is 6.03 Å². The van der Waals surface area contributed by atoms with Crippen LogP contribution in [0.1, 0.15) is 67.8 Å². The van der Waals surface area contributed by atoms with E-state index in [9.17, 15) is 9.59 Å². The van der Waals surface area contributed by atoms with Crippen molar-refractivity contribution in [1.29, 1.82) is 0 Å². The molecule has 1 saturated carbocycles. The van der Waals surface area contributed by atoms with E-state index in [0.29, 0.717) is 28.9 Å². The Balaban J connectivity index is 0.983. The summed E-state index contributed by atoms with van der Waals surface area (Å²) in [5.74, 6) is 1.38. The molecule has 3 aliphatic heterocycles. The van der Waals surface area contributed by atoms with Crippen molar-refractivity contribution in [2.24, 2.45) is 0 Å². The summed E-state index contributed by atoms with van der Waals surface area (Å²) in [5.41, 5.74) is 6.39. The maximum Gasteiger partial charge on any atom is 0.323 e. The van der Waals surface area contributed by atoms with Crippen LogP contribution in [0.25, 0.3) is 22.4 Å². The Labute approximate surface area is 285 Å². The maximum absolute atomic E-state index is 12.8. The number of carbonyl (C=O) groups is 2. The SMILES string of the molecule is COC1CCC(n2ncc3c(N4CC5CCC(C4)O5)nc(-c4ccc(NC(=O)Nc5ccc(C(=O)NN6CCCC6)cc5)cc4)nc32)CC1. The Morgan fingerprint density at radius 2 is 1.49 bits per heavy atom. The lowest BCUT2D eigenvalue weighted by atomic mass is 9.93. The first-order valence-electron chi connectivity index (χ1n) is 17.5. The molecule has 2 bridgehead atoms. The molecule has 2 unspecified atom stereocenters. The minimum absolute atomic E-state index is 0.149. The van der Waals surface area contributed by atoms with Gasteiger partial charge < -0.3 is 25.0 Å². The van der Waals surface area contributed by atoms with Gasteiger partial charge in [-0.1, -0.05) is 0 Å². The molecule has 3 N–H and O–H groups in total. The summed E-state index contributed by atoms with van der Waals surface area (Å²) in [4.78, 5) is 37.9. The number of methoxy groups -OCH3 is 1. The van der Waals surface area contributed by atoms with Crippen molar-refractivity contribution in [3.63, 3.8) is 0 Å². The summed E-state index contributed by atoms with van der Waals surface area (Å²) in [6.45, 7) is 3.34. The van der Waals surface area contributed by atoms with E-state index in [1.54, 1.807) is 31.4 Å². The Bertz CT molecular complexity index is 1790. The van der Waals surface area contributed by atoms with E-state index >= 15 is 0 Å². The number of nitrogens with one attached hydrogen (secondary N) is 3. The van der Waals surface area contributed by atoms with Crippen LogP contribution in [0.5, 0.6) is 0 Å². The average molecular weight is 666 g/mol. The highest BCUT2D eigenvalue weighted by Gasteiger charge is 2.36. The number of ether oxygens (including phenoxy) is 2. The summed E-state index contributed by atoms with van der Waals surface area (Å²) >= 11 is 0. The van der Waals surface area contributed by atoms with Crippen LogP contribution in [0.15, 0.2) is 54.7 Å².